The summed E-state index contributed by atoms with van der Waals surface area (Å²) < 4.78 is 7.90. The molecule has 6 rings (SSSR count). The van der Waals surface area contributed by atoms with Crippen LogP contribution in [0.3, 0.4) is 0 Å². The van der Waals surface area contributed by atoms with Gasteiger partial charge in [-0.3, -0.25) is 4.79 Å². The molecule has 0 saturated heterocycles. The molecule has 2 aliphatic carbocycles. The molecule has 0 aliphatic heterocycles. The van der Waals surface area contributed by atoms with Gasteiger partial charge in [0.1, 0.15) is 0 Å². The quantitative estimate of drug-likeness (QED) is 0.328. The van der Waals surface area contributed by atoms with E-state index < -0.39 is 0 Å². The number of hydrogen-bond acceptors (Lipinski definition) is 5. The number of carbonyl (C=O) groups excluding carboxylic acids is 1. The second-order valence-corrected chi connectivity index (χ2v) is 9.69. The van der Waals surface area contributed by atoms with Gasteiger partial charge < -0.3 is 9.32 Å². The zero-order valence-corrected chi connectivity index (χ0v) is 20.1. The molecule has 0 N–H and O–H groups in total. The minimum Gasteiger partial charge on any atom is -0.419 e. The first-order chi connectivity index (χ1) is 17.2. The van der Waals surface area contributed by atoms with Crippen LogP contribution in [-0.4, -0.2) is 36.8 Å². The van der Waals surface area contributed by atoms with Crippen molar-refractivity contribution in [1.29, 1.82) is 0 Å². The lowest BCUT2D eigenvalue weighted by molar-refractivity contribution is 0.0707. The molecule has 2 aliphatic rings. The maximum atomic E-state index is 13.9. The average Bonchev–Trinajstić information content (AvgIpc) is 3.58. The maximum absolute atomic E-state index is 13.9. The van der Waals surface area contributed by atoms with Crippen molar-refractivity contribution in [2.24, 2.45) is 0 Å². The molecule has 35 heavy (non-hydrogen) atoms. The Hall–Kier alpha value is -3.45. The molecule has 2 heterocycles. The molecule has 8 heteroatoms. The molecule has 0 bridgehead atoms. The smallest absolute Gasteiger partial charge is 0.275 e. The largest absolute Gasteiger partial charge is 0.419 e. The molecular formula is C27H26ClN5O2. The number of benzene rings is 2. The van der Waals surface area contributed by atoms with Crippen LogP contribution in [0.1, 0.15) is 59.7 Å². The van der Waals surface area contributed by atoms with Gasteiger partial charge in [0.25, 0.3) is 5.91 Å². The van der Waals surface area contributed by atoms with Crippen molar-refractivity contribution in [2.45, 2.75) is 57.5 Å². The SMILES string of the molecule is O=C(c1nn(-c2ccccc2)c2c1CCCCC2)N(Cc1nnc(-c2ccc(Cl)cc2)o1)C1CC1. The summed E-state index contributed by atoms with van der Waals surface area (Å²) in [4.78, 5) is 15.8. The minimum absolute atomic E-state index is 0.0495. The highest BCUT2D eigenvalue weighted by Crippen LogP contribution is 2.33. The van der Waals surface area contributed by atoms with E-state index in [-0.39, 0.29) is 18.5 Å². The second kappa shape index (κ2) is 9.30. The summed E-state index contributed by atoms with van der Waals surface area (Å²) in [6, 6.07) is 17.5. The summed E-state index contributed by atoms with van der Waals surface area (Å²) in [6.07, 6.45) is 7.12. The van der Waals surface area contributed by atoms with E-state index >= 15 is 0 Å². The third kappa shape index (κ3) is 4.48. The van der Waals surface area contributed by atoms with Gasteiger partial charge in [0.2, 0.25) is 11.8 Å². The van der Waals surface area contributed by atoms with Gasteiger partial charge in [-0.2, -0.15) is 5.10 Å². The van der Waals surface area contributed by atoms with Crippen molar-refractivity contribution in [3.8, 4) is 17.1 Å². The fourth-order valence-corrected chi connectivity index (χ4v) is 4.92. The molecule has 0 atom stereocenters. The minimum atomic E-state index is -0.0495. The third-order valence-corrected chi connectivity index (χ3v) is 7.00. The zero-order valence-electron chi connectivity index (χ0n) is 19.4. The summed E-state index contributed by atoms with van der Waals surface area (Å²) in [7, 11) is 0. The summed E-state index contributed by atoms with van der Waals surface area (Å²) >= 11 is 5.99. The van der Waals surface area contributed by atoms with E-state index in [4.69, 9.17) is 21.1 Å². The lowest BCUT2D eigenvalue weighted by Crippen LogP contribution is -2.33. The number of fused-ring (bicyclic) bond motifs is 1. The summed E-state index contributed by atoms with van der Waals surface area (Å²) in [5, 5.41) is 13.9. The Bertz CT molecular complexity index is 1340. The Morgan fingerprint density at radius 2 is 1.77 bits per heavy atom. The molecule has 7 nitrogen and oxygen atoms in total. The third-order valence-electron chi connectivity index (χ3n) is 6.75. The van der Waals surface area contributed by atoms with Gasteiger partial charge in [0.15, 0.2) is 5.69 Å². The van der Waals surface area contributed by atoms with Crippen molar-refractivity contribution in [3.63, 3.8) is 0 Å². The second-order valence-electron chi connectivity index (χ2n) is 9.25. The Labute approximate surface area is 208 Å². The Morgan fingerprint density at radius 3 is 2.54 bits per heavy atom. The van der Waals surface area contributed by atoms with E-state index in [1.54, 1.807) is 12.1 Å². The normalized spacial score (nSPS) is 15.5. The van der Waals surface area contributed by atoms with Gasteiger partial charge in [-0.25, -0.2) is 4.68 Å². The Balaban J connectivity index is 1.31. The molecule has 1 fully saturated rings. The van der Waals surface area contributed by atoms with Crippen LogP contribution in [0.5, 0.6) is 0 Å². The van der Waals surface area contributed by atoms with Crippen LogP contribution in [-0.2, 0) is 19.4 Å². The summed E-state index contributed by atoms with van der Waals surface area (Å²) in [5.74, 6) is 0.789. The number of hydrogen-bond donors (Lipinski definition) is 0. The highest BCUT2D eigenvalue weighted by molar-refractivity contribution is 6.30. The highest BCUT2D eigenvalue weighted by atomic mass is 35.5. The maximum Gasteiger partial charge on any atom is 0.275 e. The first-order valence-corrected chi connectivity index (χ1v) is 12.6. The van der Waals surface area contributed by atoms with Crippen molar-refractivity contribution >= 4 is 17.5 Å². The highest BCUT2D eigenvalue weighted by Gasteiger charge is 2.37. The molecule has 2 aromatic heterocycles. The monoisotopic (exact) mass is 487 g/mol. The number of rotatable bonds is 6. The number of nitrogens with zero attached hydrogens (tertiary/aromatic N) is 5. The van der Waals surface area contributed by atoms with Gasteiger partial charge in [0.05, 0.1) is 12.2 Å². The number of halogens is 1. The topological polar surface area (TPSA) is 77.1 Å². The lowest BCUT2D eigenvalue weighted by Gasteiger charge is -2.20. The number of carbonyl (C=O) groups is 1. The molecule has 1 saturated carbocycles. The van der Waals surface area contributed by atoms with Crippen LogP contribution < -0.4 is 0 Å². The van der Waals surface area contributed by atoms with Crippen molar-refractivity contribution in [1.82, 2.24) is 24.9 Å². The summed E-state index contributed by atoms with van der Waals surface area (Å²) in [5.41, 5.74) is 4.61. The van der Waals surface area contributed by atoms with Gasteiger partial charge in [0, 0.05) is 27.9 Å². The fourth-order valence-electron chi connectivity index (χ4n) is 4.79. The van der Waals surface area contributed by atoms with Gasteiger partial charge in [-0.15, -0.1) is 10.2 Å². The molecule has 0 spiro atoms. The van der Waals surface area contributed by atoms with Crippen LogP contribution in [0.25, 0.3) is 17.1 Å². The van der Waals surface area contributed by atoms with Crippen molar-refractivity contribution in [3.05, 3.63) is 82.5 Å². The Morgan fingerprint density at radius 1 is 1.00 bits per heavy atom. The van der Waals surface area contributed by atoms with E-state index in [9.17, 15) is 4.79 Å². The lowest BCUT2D eigenvalue weighted by atomic mass is 10.1. The van der Waals surface area contributed by atoms with E-state index in [0.717, 1.165) is 61.0 Å². The fraction of sp³-hybridized carbons (Fsp3) is 0.333. The van der Waals surface area contributed by atoms with E-state index in [2.05, 4.69) is 10.2 Å². The summed E-state index contributed by atoms with van der Waals surface area (Å²) in [6.45, 7) is 0.275. The first-order valence-electron chi connectivity index (χ1n) is 12.2. The molecular weight excluding hydrogens is 462 g/mol. The number of aromatic nitrogens is 4. The van der Waals surface area contributed by atoms with Crippen LogP contribution in [0.15, 0.2) is 59.0 Å². The van der Waals surface area contributed by atoms with Crippen LogP contribution in [0, 0.1) is 0 Å². The van der Waals surface area contributed by atoms with Crippen molar-refractivity contribution < 1.29 is 9.21 Å². The van der Waals surface area contributed by atoms with E-state index in [0.29, 0.717) is 22.5 Å². The molecule has 0 radical (unpaired) electrons. The standard InChI is InChI=1S/C27H26ClN5O2/c28-19-13-11-18(12-14-19)26-30-29-24(35-26)17-32(20-15-16-20)27(34)25-22-9-5-2-6-10-23(22)33(31-25)21-7-3-1-4-8-21/h1,3-4,7-8,11-14,20H,2,5-6,9-10,15-17H2. The Kier molecular flexibility index (Phi) is 5.86. The molecule has 0 unspecified atom stereocenters. The first kappa shape index (κ1) is 22.0. The number of para-hydroxylation sites is 1. The van der Waals surface area contributed by atoms with Gasteiger partial charge in [-0.05, 0) is 74.9 Å². The van der Waals surface area contributed by atoms with E-state index in [1.807, 2.05) is 52.0 Å². The number of amides is 1. The molecule has 1 amide bonds. The van der Waals surface area contributed by atoms with Crippen LogP contribution in [0.2, 0.25) is 5.02 Å². The van der Waals surface area contributed by atoms with Crippen LogP contribution >= 0.6 is 11.6 Å². The molecule has 178 valence electrons. The van der Waals surface area contributed by atoms with Crippen molar-refractivity contribution in [2.75, 3.05) is 0 Å². The predicted octanol–water partition coefficient (Wildman–Crippen LogP) is 5.65. The van der Waals surface area contributed by atoms with E-state index in [1.165, 1.54) is 6.42 Å². The van der Waals surface area contributed by atoms with Gasteiger partial charge >= 0.3 is 0 Å². The zero-order chi connectivity index (χ0) is 23.8. The predicted molar refractivity (Wildman–Crippen MR) is 132 cm³/mol. The molecule has 2 aromatic carbocycles. The molecule has 4 aromatic rings. The van der Waals surface area contributed by atoms with Crippen LogP contribution in [0.4, 0.5) is 0 Å². The van der Waals surface area contributed by atoms with Gasteiger partial charge in [-0.1, -0.05) is 36.2 Å². The average molecular weight is 488 g/mol.